The van der Waals surface area contributed by atoms with Crippen LogP contribution in [0.1, 0.15) is 28.4 Å². The van der Waals surface area contributed by atoms with Gasteiger partial charge >= 0.3 is 5.97 Å². The quantitative estimate of drug-likeness (QED) is 0.469. The van der Waals surface area contributed by atoms with Crippen LogP contribution in [0.5, 0.6) is 0 Å². The summed E-state index contributed by atoms with van der Waals surface area (Å²) in [6, 6.07) is 8.09. The van der Waals surface area contributed by atoms with Gasteiger partial charge in [0.05, 0.1) is 27.7 Å². The number of carbonyl (C=O) groups is 1. The lowest BCUT2D eigenvalue weighted by molar-refractivity contribution is -0.385. The van der Waals surface area contributed by atoms with E-state index in [4.69, 9.17) is 4.74 Å². The van der Waals surface area contributed by atoms with Crippen LogP contribution in [0.4, 0.5) is 11.4 Å². The third-order valence-corrected chi connectivity index (χ3v) is 5.03. The van der Waals surface area contributed by atoms with Crippen molar-refractivity contribution in [3.05, 3.63) is 63.2 Å². The maximum absolute atomic E-state index is 12.5. The molecule has 0 aromatic heterocycles. The van der Waals surface area contributed by atoms with E-state index in [-0.39, 0.29) is 22.9 Å². The van der Waals surface area contributed by atoms with Crippen LogP contribution in [0.15, 0.2) is 41.3 Å². The van der Waals surface area contributed by atoms with E-state index in [0.717, 1.165) is 6.07 Å². The Labute approximate surface area is 151 Å². The molecule has 1 N–H and O–H groups in total. The fourth-order valence-corrected chi connectivity index (χ4v) is 3.43. The van der Waals surface area contributed by atoms with E-state index in [2.05, 4.69) is 4.72 Å². The van der Waals surface area contributed by atoms with Crippen LogP contribution in [0.25, 0.3) is 0 Å². The summed E-state index contributed by atoms with van der Waals surface area (Å²) in [4.78, 5) is 21.9. The predicted molar refractivity (Wildman–Crippen MR) is 95.8 cm³/mol. The number of hydrogen-bond donors (Lipinski definition) is 1. The van der Waals surface area contributed by atoms with E-state index in [9.17, 15) is 23.3 Å². The Bertz CT molecular complexity index is 969. The van der Waals surface area contributed by atoms with Gasteiger partial charge in [0.2, 0.25) is 0 Å². The molecule has 8 nitrogen and oxygen atoms in total. The molecular weight excluding hydrogens is 360 g/mol. The maximum atomic E-state index is 12.5. The molecule has 0 radical (unpaired) electrons. The van der Waals surface area contributed by atoms with Crippen molar-refractivity contribution in [1.82, 2.24) is 0 Å². The van der Waals surface area contributed by atoms with E-state index in [1.54, 1.807) is 13.8 Å². The van der Waals surface area contributed by atoms with Crippen molar-refractivity contribution < 1.29 is 22.9 Å². The highest BCUT2D eigenvalue weighted by molar-refractivity contribution is 7.92. The number of nitro benzene ring substituents is 1. The van der Waals surface area contributed by atoms with Gasteiger partial charge in [-0.3, -0.25) is 14.8 Å². The zero-order valence-electron chi connectivity index (χ0n) is 14.5. The molecule has 0 unspecified atom stereocenters. The second-order valence-corrected chi connectivity index (χ2v) is 7.24. The van der Waals surface area contributed by atoms with Gasteiger partial charge in [-0.05, 0) is 50.6 Å². The van der Waals surface area contributed by atoms with Crippen LogP contribution in [0, 0.1) is 24.0 Å². The first-order chi connectivity index (χ1) is 12.2. The number of ether oxygens (including phenoxy) is 1. The zero-order valence-corrected chi connectivity index (χ0v) is 15.3. The Morgan fingerprint density at radius 2 is 1.85 bits per heavy atom. The second kappa shape index (κ2) is 7.52. The average Bonchev–Trinajstić information content (AvgIpc) is 2.56. The Kier molecular flexibility index (Phi) is 5.61. The summed E-state index contributed by atoms with van der Waals surface area (Å²) >= 11 is 0. The number of hydrogen-bond acceptors (Lipinski definition) is 6. The Morgan fingerprint density at radius 3 is 2.42 bits per heavy atom. The molecule has 0 bridgehead atoms. The van der Waals surface area contributed by atoms with Crippen LogP contribution in [-0.2, 0) is 14.8 Å². The van der Waals surface area contributed by atoms with E-state index in [1.807, 2.05) is 0 Å². The minimum atomic E-state index is -4.02. The summed E-state index contributed by atoms with van der Waals surface area (Å²) in [5, 5.41) is 11.0. The summed E-state index contributed by atoms with van der Waals surface area (Å²) in [6.07, 6.45) is 0. The highest BCUT2D eigenvalue weighted by Gasteiger charge is 2.21. The molecule has 0 heterocycles. The van der Waals surface area contributed by atoms with Gasteiger partial charge in [0.25, 0.3) is 15.7 Å². The van der Waals surface area contributed by atoms with Gasteiger partial charge in [-0.25, -0.2) is 13.2 Å². The monoisotopic (exact) mass is 378 g/mol. The fraction of sp³-hybridized carbons (Fsp3) is 0.235. The van der Waals surface area contributed by atoms with E-state index in [0.29, 0.717) is 16.7 Å². The Morgan fingerprint density at radius 1 is 1.15 bits per heavy atom. The van der Waals surface area contributed by atoms with Crippen molar-refractivity contribution in [3.8, 4) is 0 Å². The molecule has 0 atom stereocenters. The van der Waals surface area contributed by atoms with Crippen molar-refractivity contribution in [2.24, 2.45) is 0 Å². The molecule has 138 valence electrons. The molecule has 0 saturated heterocycles. The molecule has 0 amide bonds. The lowest BCUT2D eigenvalue weighted by atomic mass is 10.1. The number of carbonyl (C=O) groups excluding carboxylic acids is 1. The summed E-state index contributed by atoms with van der Waals surface area (Å²) in [6.45, 7) is 5.09. The number of nitro groups is 1. The third-order valence-electron chi connectivity index (χ3n) is 3.67. The van der Waals surface area contributed by atoms with Crippen molar-refractivity contribution in [2.75, 3.05) is 11.3 Å². The number of aryl methyl sites for hydroxylation is 2. The molecule has 2 aromatic rings. The normalized spacial score (nSPS) is 11.0. The van der Waals surface area contributed by atoms with E-state index < -0.39 is 20.9 Å². The Balaban J connectivity index is 2.34. The molecule has 0 fully saturated rings. The maximum Gasteiger partial charge on any atom is 0.338 e. The van der Waals surface area contributed by atoms with Gasteiger partial charge in [-0.15, -0.1) is 0 Å². The largest absolute Gasteiger partial charge is 0.462 e. The van der Waals surface area contributed by atoms with Crippen LogP contribution >= 0.6 is 0 Å². The lowest BCUT2D eigenvalue weighted by Gasteiger charge is -2.12. The molecule has 9 heteroatoms. The highest BCUT2D eigenvalue weighted by Crippen LogP contribution is 2.25. The number of esters is 1. The molecule has 0 saturated carbocycles. The predicted octanol–water partition coefficient (Wildman–Crippen LogP) is 3.19. The number of rotatable bonds is 6. The standard InChI is InChI=1S/C17H18N2O6S/c1-4-25-17(20)13-6-8-15(12(3)9-13)18-26(23,24)14-7-5-11(2)16(10-14)19(21)22/h5-10,18H,4H2,1-3H3. The molecule has 26 heavy (non-hydrogen) atoms. The summed E-state index contributed by atoms with van der Waals surface area (Å²) in [7, 11) is -4.02. The molecule has 2 rings (SSSR count). The number of nitrogens with one attached hydrogen (secondary N) is 1. The van der Waals surface area contributed by atoms with Gasteiger partial charge in [0.1, 0.15) is 0 Å². The van der Waals surface area contributed by atoms with Gasteiger partial charge in [-0.1, -0.05) is 6.07 Å². The SMILES string of the molecule is CCOC(=O)c1ccc(NS(=O)(=O)c2ccc(C)c([N+](=O)[O-])c2)c(C)c1. The molecule has 0 aliphatic rings. The topological polar surface area (TPSA) is 116 Å². The van der Waals surface area contributed by atoms with Crippen molar-refractivity contribution >= 4 is 27.4 Å². The lowest BCUT2D eigenvalue weighted by Crippen LogP contribution is -2.14. The molecule has 2 aromatic carbocycles. The van der Waals surface area contributed by atoms with Gasteiger partial charge in [0, 0.05) is 11.6 Å². The van der Waals surface area contributed by atoms with Gasteiger partial charge in [0.15, 0.2) is 0 Å². The number of benzene rings is 2. The summed E-state index contributed by atoms with van der Waals surface area (Å²) < 4.78 is 32.4. The summed E-state index contributed by atoms with van der Waals surface area (Å²) in [5.41, 5.74) is 1.17. The third kappa shape index (κ3) is 4.17. The van der Waals surface area contributed by atoms with Crippen LogP contribution in [0.3, 0.4) is 0 Å². The first-order valence-electron chi connectivity index (χ1n) is 7.71. The zero-order chi connectivity index (χ0) is 19.5. The van der Waals surface area contributed by atoms with E-state index in [1.165, 1.54) is 37.3 Å². The minimum absolute atomic E-state index is 0.219. The van der Waals surface area contributed by atoms with E-state index >= 15 is 0 Å². The van der Waals surface area contributed by atoms with Crippen LogP contribution in [-0.4, -0.2) is 25.9 Å². The number of sulfonamides is 1. The van der Waals surface area contributed by atoms with Crippen molar-refractivity contribution in [2.45, 2.75) is 25.7 Å². The average molecular weight is 378 g/mol. The second-order valence-electron chi connectivity index (χ2n) is 5.56. The molecule has 0 spiro atoms. The van der Waals surface area contributed by atoms with Crippen molar-refractivity contribution in [1.29, 1.82) is 0 Å². The van der Waals surface area contributed by atoms with Crippen molar-refractivity contribution in [3.63, 3.8) is 0 Å². The number of anilines is 1. The highest BCUT2D eigenvalue weighted by atomic mass is 32.2. The number of nitrogens with zero attached hydrogens (tertiary/aromatic N) is 1. The smallest absolute Gasteiger partial charge is 0.338 e. The van der Waals surface area contributed by atoms with Gasteiger partial charge in [-0.2, -0.15) is 0 Å². The molecule has 0 aliphatic heterocycles. The fourth-order valence-electron chi connectivity index (χ4n) is 2.28. The molecule has 0 aliphatic carbocycles. The summed E-state index contributed by atoms with van der Waals surface area (Å²) in [5.74, 6) is -0.501. The van der Waals surface area contributed by atoms with Gasteiger partial charge < -0.3 is 4.74 Å². The first-order valence-corrected chi connectivity index (χ1v) is 9.19. The molecular formula is C17H18N2O6S. The minimum Gasteiger partial charge on any atom is -0.462 e. The van der Waals surface area contributed by atoms with Crippen LogP contribution < -0.4 is 4.72 Å². The first kappa shape index (κ1) is 19.4. The Hall–Kier alpha value is -2.94. The van der Waals surface area contributed by atoms with Crippen LogP contribution in [0.2, 0.25) is 0 Å².